The van der Waals surface area contributed by atoms with Gasteiger partial charge in [-0.3, -0.25) is 0 Å². The van der Waals surface area contributed by atoms with E-state index in [1.807, 2.05) is 0 Å². The molecule has 0 spiro atoms. The van der Waals surface area contributed by atoms with Crippen molar-refractivity contribution in [2.45, 2.75) is 30.2 Å². The number of sulfonamides is 1. The summed E-state index contributed by atoms with van der Waals surface area (Å²) in [6.07, 6.45) is 2.17. The number of aliphatic hydroxyl groups is 1. The van der Waals surface area contributed by atoms with Gasteiger partial charge in [0, 0.05) is 18.3 Å². The normalized spacial score (nSPS) is 23.1. The minimum absolute atomic E-state index is 0.0712. The Hall–Kier alpha value is -0.890. The van der Waals surface area contributed by atoms with Crippen LogP contribution in [0.15, 0.2) is 17.0 Å². The van der Waals surface area contributed by atoms with Gasteiger partial charge in [0.2, 0.25) is 10.0 Å². The number of hydrogen-bond donors (Lipinski definition) is 3. The molecule has 1 aliphatic carbocycles. The van der Waals surface area contributed by atoms with Crippen molar-refractivity contribution in [2.75, 3.05) is 12.3 Å². The fraction of sp³-hybridized carbons (Fsp3) is 0.500. The first-order valence-electron chi connectivity index (χ1n) is 6.23. The van der Waals surface area contributed by atoms with Crippen molar-refractivity contribution >= 4 is 27.3 Å². The van der Waals surface area contributed by atoms with Crippen molar-refractivity contribution in [3.05, 3.63) is 23.0 Å². The van der Waals surface area contributed by atoms with Gasteiger partial charge in [0.15, 0.2) is 5.82 Å². The molecule has 2 atom stereocenters. The number of halogens is 2. The molecule has 1 aromatic rings. The van der Waals surface area contributed by atoms with Crippen molar-refractivity contribution in [3.63, 3.8) is 0 Å². The Bertz CT molecular complexity index is 609. The van der Waals surface area contributed by atoms with Crippen LogP contribution in [0.1, 0.15) is 19.3 Å². The molecule has 0 aromatic heterocycles. The molecule has 0 heterocycles. The average Bonchev–Trinajstić information content (AvgIpc) is 2.80. The zero-order chi connectivity index (χ0) is 14.9. The van der Waals surface area contributed by atoms with Crippen molar-refractivity contribution in [3.8, 4) is 0 Å². The summed E-state index contributed by atoms with van der Waals surface area (Å²) in [5.41, 5.74) is 5.57. The van der Waals surface area contributed by atoms with E-state index in [4.69, 9.17) is 17.3 Å². The lowest BCUT2D eigenvalue weighted by Gasteiger charge is -2.19. The van der Waals surface area contributed by atoms with Crippen LogP contribution in [-0.4, -0.2) is 26.2 Å². The van der Waals surface area contributed by atoms with Gasteiger partial charge in [-0.15, -0.1) is 0 Å². The van der Waals surface area contributed by atoms with E-state index in [1.165, 1.54) is 0 Å². The molecule has 1 aliphatic rings. The molecule has 0 radical (unpaired) electrons. The van der Waals surface area contributed by atoms with Crippen LogP contribution in [0.3, 0.4) is 0 Å². The van der Waals surface area contributed by atoms with Gasteiger partial charge in [-0.25, -0.2) is 17.5 Å². The zero-order valence-corrected chi connectivity index (χ0v) is 12.2. The maximum atomic E-state index is 13.9. The predicted molar refractivity (Wildman–Crippen MR) is 74.4 cm³/mol. The van der Waals surface area contributed by atoms with Crippen LogP contribution in [0.4, 0.5) is 10.1 Å². The molecule has 4 N–H and O–H groups in total. The third-order valence-corrected chi connectivity index (χ3v) is 5.27. The van der Waals surface area contributed by atoms with E-state index < -0.39 is 26.8 Å². The third-order valence-electron chi connectivity index (χ3n) is 3.51. The van der Waals surface area contributed by atoms with Crippen LogP contribution in [0.5, 0.6) is 0 Å². The van der Waals surface area contributed by atoms with E-state index in [2.05, 4.69) is 4.72 Å². The SMILES string of the molecule is Nc1cc(Cl)c(F)c(S(=O)(=O)NC2CCCC2CO)c1. The lowest BCUT2D eigenvalue weighted by Crippen LogP contribution is -2.38. The van der Waals surface area contributed by atoms with Crippen molar-refractivity contribution < 1.29 is 17.9 Å². The largest absolute Gasteiger partial charge is 0.399 e. The molecule has 2 unspecified atom stereocenters. The van der Waals surface area contributed by atoms with E-state index in [-0.39, 0.29) is 23.2 Å². The molecule has 0 bridgehead atoms. The van der Waals surface area contributed by atoms with Crippen LogP contribution in [0.25, 0.3) is 0 Å². The number of rotatable bonds is 4. The second-order valence-corrected chi connectivity index (χ2v) is 7.01. The zero-order valence-electron chi connectivity index (χ0n) is 10.6. The van der Waals surface area contributed by atoms with E-state index in [0.717, 1.165) is 25.0 Å². The number of hydrogen-bond acceptors (Lipinski definition) is 4. The second-order valence-electron chi connectivity index (χ2n) is 4.92. The molecule has 1 aromatic carbocycles. The molecule has 20 heavy (non-hydrogen) atoms. The molecule has 1 fully saturated rings. The Balaban J connectivity index is 2.31. The first-order valence-corrected chi connectivity index (χ1v) is 8.09. The molecule has 112 valence electrons. The first kappa shape index (κ1) is 15.5. The number of benzene rings is 1. The number of nitrogens with one attached hydrogen (secondary N) is 1. The van der Waals surface area contributed by atoms with Gasteiger partial charge < -0.3 is 10.8 Å². The summed E-state index contributed by atoms with van der Waals surface area (Å²) in [7, 11) is -4.06. The summed E-state index contributed by atoms with van der Waals surface area (Å²) in [4.78, 5) is -0.564. The highest BCUT2D eigenvalue weighted by Crippen LogP contribution is 2.29. The fourth-order valence-electron chi connectivity index (χ4n) is 2.45. The highest BCUT2D eigenvalue weighted by atomic mass is 35.5. The molecule has 0 saturated heterocycles. The van der Waals surface area contributed by atoms with Crippen molar-refractivity contribution in [2.24, 2.45) is 5.92 Å². The van der Waals surface area contributed by atoms with Crippen molar-refractivity contribution in [1.82, 2.24) is 4.72 Å². The van der Waals surface area contributed by atoms with Gasteiger partial charge >= 0.3 is 0 Å². The molecular weight excluding hydrogens is 307 g/mol. The lowest BCUT2D eigenvalue weighted by molar-refractivity contribution is 0.213. The third kappa shape index (κ3) is 3.06. The van der Waals surface area contributed by atoms with E-state index in [9.17, 15) is 17.9 Å². The van der Waals surface area contributed by atoms with Gasteiger partial charge in [0.05, 0.1) is 5.02 Å². The molecule has 0 aliphatic heterocycles. The van der Waals surface area contributed by atoms with Gasteiger partial charge in [-0.1, -0.05) is 18.0 Å². The Morgan fingerprint density at radius 2 is 2.15 bits per heavy atom. The van der Waals surface area contributed by atoms with Gasteiger partial charge in [-0.05, 0) is 30.9 Å². The van der Waals surface area contributed by atoms with Gasteiger partial charge in [0.25, 0.3) is 0 Å². The molecule has 0 amide bonds. The number of nitrogens with two attached hydrogens (primary N) is 1. The number of nitrogen functional groups attached to an aromatic ring is 1. The summed E-state index contributed by atoms with van der Waals surface area (Å²) < 4.78 is 40.8. The maximum Gasteiger partial charge on any atom is 0.243 e. The minimum Gasteiger partial charge on any atom is -0.399 e. The van der Waals surface area contributed by atoms with Crippen LogP contribution < -0.4 is 10.5 Å². The topological polar surface area (TPSA) is 92.4 Å². The quantitative estimate of drug-likeness (QED) is 0.732. The molecule has 5 nitrogen and oxygen atoms in total. The molecule has 1 saturated carbocycles. The number of aliphatic hydroxyl groups excluding tert-OH is 1. The average molecular weight is 323 g/mol. The molecular formula is C12H16ClFN2O3S. The molecule has 8 heteroatoms. The van der Waals surface area contributed by atoms with E-state index in [0.29, 0.717) is 6.42 Å². The van der Waals surface area contributed by atoms with E-state index in [1.54, 1.807) is 0 Å². The Labute approximate surface area is 122 Å². The fourth-order valence-corrected chi connectivity index (χ4v) is 4.21. The van der Waals surface area contributed by atoms with Crippen LogP contribution >= 0.6 is 11.6 Å². The van der Waals surface area contributed by atoms with Crippen molar-refractivity contribution in [1.29, 1.82) is 0 Å². The minimum atomic E-state index is -4.06. The monoisotopic (exact) mass is 322 g/mol. The highest BCUT2D eigenvalue weighted by Gasteiger charge is 2.32. The van der Waals surface area contributed by atoms with E-state index >= 15 is 0 Å². The summed E-state index contributed by atoms with van der Waals surface area (Å²) in [6, 6.07) is 1.79. The number of anilines is 1. The first-order chi connectivity index (χ1) is 9.35. The summed E-state index contributed by atoms with van der Waals surface area (Å²) in [5, 5.41) is 8.86. The standard InChI is InChI=1S/C12H16ClFN2O3S/c13-9-4-8(15)5-11(12(9)14)20(18,19)16-10-3-1-2-7(10)6-17/h4-5,7,10,16-17H,1-3,6,15H2. The van der Waals surface area contributed by atoms with Crippen LogP contribution in [0, 0.1) is 11.7 Å². The summed E-state index contributed by atoms with van der Waals surface area (Å²) in [6.45, 7) is -0.104. The highest BCUT2D eigenvalue weighted by molar-refractivity contribution is 7.89. The van der Waals surface area contributed by atoms with Crippen LogP contribution in [0.2, 0.25) is 5.02 Å². The Morgan fingerprint density at radius 1 is 1.45 bits per heavy atom. The summed E-state index contributed by atoms with van der Waals surface area (Å²) >= 11 is 5.61. The van der Waals surface area contributed by atoms with Gasteiger partial charge in [-0.2, -0.15) is 0 Å². The maximum absolute atomic E-state index is 13.9. The summed E-state index contributed by atoms with van der Waals surface area (Å²) in [5.74, 6) is -1.17. The van der Waals surface area contributed by atoms with Crippen LogP contribution in [-0.2, 0) is 10.0 Å². The predicted octanol–water partition coefficient (Wildman–Crippen LogP) is 1.50. The Morgan fingerprint density at radius 3 is 2.80 bits per heavy atom. The molecule has 2 rings (SSSR count). The smallest absolute Gasteiger partial charge is 0.243 e. The lowest BCUT2D eigenvalue weighted by atomic mass is 10.1. The second kappa shape index (κ2) is 5.85. The Kier molecular flexibility index (Phi) is 4.53. The van der Waals surface area contributed by atoms with Gasteiger partial charge in [0.1, 0.15) is 4.90 Å².